The summed E-state index contributed by atoms with van der Waals surface area (Å²) >= 11 is 0. The van der Waals surface area contributed by atoms with E-state index in [-0.39, 0.29) is 29.3 Å². The number of amides is 1. The summed E-state index contributed by atoms with van der Waals surface area (Å²) in [5, 5.41) is 15.8. The van der Waals surface area contributed by atoms with Gasteiger partial charge in [0.25, 0.3) is 5.91 Å². The Hall–Kier alpha value is -3.70. The van der Waals surface area contributed by atoms with E-state index in [0.717, 1.165) is 29.2 Å². The van der Waals surface area contributed by atoms with Crippen molar-refractivity contribution < 1.29 is 36.7 Å². The number of furan rings is 1. The van der Waals surface area contributed by atoms with Crippen LogP contribution >= 0.6 is 0 Å². The van der Waals surface area contributed by atoms with Crippen LogP contribution < -0.4 is 0 Å². The number of hydrogen-bond donors (Lipinski definition) is 1. The molecule has 0 aliphatic rings. The van der Waals surface area contributed by atoms with Crippen LogP contribution in [0, 0.1) is 12.7 Å². The number of halogens is 4. The third-order valence-corrected chi connectivity index (χ3v) is 4.15. The number of aromatic carboxylic acids is 1. The highest BCUT2D eigenvalue weighted by atomic mass is 19.4. The zero-order chi connectivity index (χ0) is 22.2. The maximum atomic E-state index is 13.7. The molecule has 1 N–H and O–H groups in total. The van der Waals surface area contributed by atoms with Gasteiger partial charge in [-0.05, 0) is 37.3 Å². The van der Waals surface area contributed by atoms with Gasteiger partial charge in [-0.1, -0.05) is 5.21 Å². The number of nitrogens with zero attached hydrogens (tertiary/aromatic N) is 4. The molecule has 0 spiro atoms. The lowest BCUT2D eigenvalue weighted by Crippen LogP contribution is -2.29. The Morgan fingerprint density at radius 3 is 2.40 bits per heavy atom. The first-order valence-corrected chi connectivity index (χ1v) is 8.36. The highest BCUT2D eigenvalue weighted by Gasteiger charge is 2.42. The van der Waals surface area contributed by atoms with Gasteiger partial charge in [-0.2, -0.15) is 13.2 Å². The molecule has 0 aliphatic heterocycles. The summed E-state index contributed by atoms with van der Waals surface area (Å²) < 4.78 is 59.8. The molecule has 0 unspecified atom stereocenters. The minimum Gasteiger partial charge on any atom is -0.478 e. The van der Waals surface area contributed by atoms with Crippen molar-refractivity contribution in [3.63, 3.8) is 0 Å². The first-order chi connectivity index (χ1) is 14.0. The number of aryl methyl sites for hydroxylation is 1. The van der Waals surface area contributed by atoms with Gasteiger partial charge in [0.15, 0.2) is 11.4 Å². The molecule has 0 saturated heterocycles. The molecule has 0 fully saturated rings. The summed E-state index contributed by atoms with van der Waals surface area (Å²) in [6.07, 6.45) is -4.98. The molecule has 8 nitrogen and oxygen atoms in total. The van der Waals surface area contributed by atoms with Crippen molar-refractivity contribution in [2.45, 2.75) is 19.6 Å². The summed E-state index contributed by atoms with van der Waals surface area (Å²) in [5.74, 6) is -2.84. The van der Waals surface area contributed by atoms with Gasteiger partial charge < -0.3 is 14.4 Å². The van der Waals surface area contributed by atoms with E-state index in [9.17, 15) is 27.2 Å². The molecule has 0 bridgehead atoms. The second-order valence-electron chi connectivity index (χ2n) is 6.32. The fourth-order valence-corrected chi connectivity index (χ4v) is 2.76. The number of carboxylic acids is 1. The Kier molecular flexibility index (Phi) is 5.33. The van der Waals surface area contributed by atoms with Crippen molar-refractivity contribution in [1.82, 2.24) is 19.9 Å². The highest BCUT2D eigenvalue weighted by molar-refractivity contribution is 5.93. The number of aromatic nitrogens is 3. The van der Waals surface area contributed by atoms with Gasteiger partial charge in [0.05, 0.1) is 12.2 Å². The summed E-state index contributed by atoms with van der Waals surface area (Å²) in [7, 11) is 1.21. The second-order valence-corrected chi connectivity index (χ2v) is 6.32. The number of hydrogen-bond acceptors (Lipinski definition) is 5. The molecule has 12 heteroatoms. The zero-order valence-corrected chi connectivity index (χ0v) is 15.6. The fourth-order valence-electron chi connectivity index (χ4n) is 2.76. The molecular weight excluding hydrogens is 412 g/mol. The van der Waals surface area contributed by atoms with E-state index in [1.807, 2.05) is 0 Å². The van der Waals surface area contributed by atoms with Crippen LogP contribution in [-0.4, -0.2) is 43.9 Å². The Balaban J connectivity index is 1.94. The van der Waals surface area contributed by atoms with Gasteiger partial charge in [0, 0.05) is 7.05 Å². The Morgan fingerprint density at radius 1 is 1.23 bits per heavy atom. The number of benzene rings is 1. The van der Waals surface area contributed by atoms with Crippen LogP contribution in [0.3, 0.4) is 0 Å². The van der Waals surface area contributed by atoms with Crippen molar-refractivity contribution in [3.8, 4) is 5.69 Å². The quantitative estimate of drug-likeness (QED) is 0.629. The molecule has 1 aromatic carbocycles. The van der Waals surface area contributed by atoms with Gasteiger partial charge in [-0.15, -0.1) is 5.10 Å². The molecule has 158 valence electrons. The summed E-state index contributed by atoms with van der Waals surface area (Å²) in [4.78, 5) is 24.6. The van der Waals surface area contributed by atoms with E-state index >= 15 is 0 Å². The van der Waals surface area contributed by atoms with E-state index in [0.29, 0.717) is 4.68 Å². The minimum atomic E-state index is -4.98. The molecule has 3 rings (SSSR count). The number of rotatable bonds is 5. The maximum Gasteiger partial charge on any atom is 0.435 e. The lowest BCUT2D eigenvalue weighted by molar-refractivity contribution is -0.143. The molecule has 0 aliphatic carbocycles. The number of carboxylic acid groups (broad SMARTS) is 1. The van der Waals surface area contributed by atoms with E-state index < -0.39 is 35.3 Å². The van der Waals surface area contributed by atoms with Crippen molar-refractivity contribution in [2.24, 2.45) is 0 Å². The molecule has 2 heterocycles. The van der Waals surface area contributed by atoms with E-state index in [4.69, 9.17) is 9.52 Å². The number of carbonyl (C=O) groups excluding carboxylic acids is 1. The van der Waals surface area contributed by atoms with E-state index in [1.54, 1.807) is 0 Å². The monoisotopic (exact) mass is 426 g/mol. The van der Waals surface area contributed by atoms with Crippen molar-refractivity contribution in [2.75, 3.05) is 7.05 Å². The number of carbonyl (C=O) groups is 2. The lowest BCUT2D eigenvalue weighted by atomic mass is 10.2. The Bertz CT molecular complexity index is 1100. The third-order valence-electron chi connectivity index (χ3n) is 4.15. The van der Waals surface area contributed by atoms with Crippen molar-refractivity contribution >= 4 is 11.9 Å². The average molecular weight is 426 g/mol. The van der Waals surface area contributed by atoms with Gasteiger partial charge in [0.1, 0.15) is 22.9 Å². The molecular formula is C18H14F4N4O4. The van der Waals surface area contributed by atoms with Gasteiger partial charge in [-0.25, -0.2) is 13.9 Å². The Morgan fingerprint density at radius 2 is 1.87 bits per heavy atom. The fraction of sp³-hybridized carbons (Fsp3) is 0.222. The molecule has 30 heavy (non-hydrogen) atoms. The van der Waals surface area contributed by atoms with Crippen molar-refractivity contribution in [3.05, 3.63) is 64.6 Å². The molecule has 2 aromatic heterocycles. The van der Waals surface area contributed by atoms with Gasteiger partial charge in [0.2, 0.25) is 0 Å². The standard InChI is InChI=1S/C18H14F4N4O4/c1-9-13(17(28)29)7-12(30-9)8-25(2)16(27)14-15(18(20,21)22)26(24-23-14)11-5-3-10(19)4-6-11/h3-7H,8H2,1-2H3,(H,28,29). The first kappa shape index (κ1) is 21.0. The van der Waals surface area contributed by atoms with E-state index in [1.165, 1.54) is 20.0 Å². The molecule has 0 atom stereocenters. The van der Waals surface area contributed by atoms with Gasteiger partial charge >= 0.3 is 12.1 Å². The average Bonchev–Trinajstić information content (AvgIpc) is 3.25. The summed E-state index contributed by atoms with van der Waals surface area (Å²) in [6, 6.07) is 5.21. The minimum absolute atomic E-state index is 0.0697. The van der Waals surface area contributed by atoms with Crippen LogP contribution in [0.15, 0.2) is 34.7 Å². The topological polar surface area (TPSA) is 101 Å². The van der Waals surface area contributed by atoms with Crippen LogP contribution in [0.2, 0.25) is 0 Å². The maximum absolute atomic E-state index is 13.7. The highest BCUT2D eigenvalue weighted by Crippen LogP contribution is 2.33. The van der Waals surface area contributed by atoms with Crippen LogP contribution in [0.25, 0.3) is 5.69 Å². The predicted molar refractivity (Wildman–Crippen MR) is 92.5 cm³/mol. The largest absolute Gasteiger partial charge is 0.478 e. The summed E-state index contributed by atoms with van der Waals surface area (Å²) in [5.41, 5.74) is -2.64. The lowest BCUT2D eigenvalue weighted by Gasteiger charge is -2.16. The van der Waals surface area contributed by atoms with E-state index in [2.05, 4.69) is 10.3 Å². The smallest absolute Gasteiger partial charge is 0.435 e. The Labute approximate surface area is 166 Å². The molecule has 3 aromatic rings. The van der Waals surface area contributed by atoms with Crippen molar-refractivity contribution in [1.29, 1.82) is 0 Å². The first-order valence-electron chi connectivity index (χ1n) is 8.36. The van der Waals surface area contributed by atoms with Crippen LogP contribution in [0.4, 0.5) is 17.6 Å². The molecule has 0 saturated carbocycles. The summed E-state index contributed by atoms with van der Waals surface area (Å²) in [6.45, 7) is 1.11. The second kappa shape index (κ2) is 7.61. The molecule has 1 amide bonds. The van der Waals surface area contributed by atoms with Gasteiger partial charge in [-0.3, -0.25) is 4.79 Å². The van der Waals surface area contributed by atoms with Crippen LogP contribution in [0.1, 0.15) is 38.1 Å². The number of alkyl halides is 3. The predicted octanol–water partition coefficient (Wildman–Crippen LogP) is 3.30. The SMILES string of the molecule is Cc1oc(CN(C)C(=O)c2nnn(-c3ccc(F)cc3)c2C(F)(F)F)cc1C(=O)O. The normalized spacial score (nSPS) is 11.5. The third kappa shape index (κ3) is 4.02. The molecule has 0 radical (unpaired) electrons. The van der Waals surface area contributed by atoms with Crippen LogP contribution in [-0.2, 0) is 12.7 Å². The zero-order valence-electron chi connectivity index (χ0n) is 15.6. The van der Waals surface area contributed by atoms with Crippen LogP contribution in [0.5, 0.6) is 0 Å².